The Balaban J connectivity index is 1.48. The van der Waals surface area contributed by atoms with Gasteiger partial charge in [-0.1, -0.05) is 6.92 Å². The molecule has 2 aromatic heterocycles. The monoisotopic (exact) mass is 359 g/mol. The number of fused-ring (bicyclic) bond motifs is 4. The highest BCUT2D eigenvalue weighted by molar-refractivity contribution is 7.07. The molecule has 0 aliphatic carbocycles. The van der Waals surface area contributed by atoms with Gasteiger partial charge in [-0.05, 0) is 19.3 Å². The van der Waals surface area contributed by atoms with E-state index >= 15 is 0 Å². The molecule has 0 spiro atoms. The lowest BCUT2D eigenvalue weighted by Crippen LogP contribution is -2.47. The normalized spacial score (nSPS) is 24.0. The number of hydrogen-bond donors (Lipinski definition) is 0. The first-order valence-corrected chi connectivity index (χ1v) is 10.1. The summed E-state index contributed by atoms with van der Waals surface area (Å²) >= 11 is 1.59. The lowest BCUT2D eigenvalue weighted by molar-refractivity contribution is -0.140. The average molecular weight is 359 g/mol. The van der Waals surface area contributed by atoms with Crippen LogP contribution in [0.2, 0.25) is 0 Å². The maximum atomic E-state index is 12.9. The van der Waals surface area contributed by atoms with E-state index in [9.17, 15) is 4.79 Å². The lowest BCUT2D eigenvalue weighted by atomic mass is 9.94. The largest absolute Gasteiger partial charge is 0.334 e. The van der Waals surface area contributed by atoms with Gasteiger partial charge >= 0.3 is 0 Å². The van der Waals surface area contributed by atoms with E-state index in [0.29, 0.717) is 18.5 Å². The van der Waals surface area contributed by atoms with E-state index in [-0.39, 0.29) is 5.92 Å². The van der Waals surface area contributed by atoms with Gasteiger partial charge in [-0.15, -0.1) is 11.3 Å². The second-order valence-corrected chi connectivity index (χ2v) is 7.82. The van der Waals surface area contributed by atoms with Crippen molar-refractivity contribution in [3.8, 4) is 0 Å². The molecule has 3 fully saturated rings. The summed E-state index contributed by atoms with van der Waals surface area (Å²) in [4.78, 5) is 26.3. The predicted molar refractivity (Wildman–Crippen MR) is 97.0 cm³/mol. The minimum absolute atomic E-state index is 0.118. The Morgan fingerprint density at radius 1 is 1.24 bits per heavy atom. The fourth-order valence-corrected chi connectivity index (χ4v) is 4.64. The van der Waals surface area contributed by atoms with Crippen LogP contribution in [0.1, 0.15) is 37.7 Å². The molecule has 7 heteroatoms. The first-order chi connectivity index (χ1) is 12.2. The third-order valence-corrected chi connectivity index (χ3v) is 5.95. The number of thiazole rings is 1. The molecule has 0 saturated carbocycles. The number of nitrogens with zero attached hydrogens (tertiary/aromatic N) is 5. The van der Waals surface area contributed by atoms with Gasteiger partial charge in [-0.3, -0.25) is 9.69 Å². The first kappa shape index (κ1) is 16.7. The summed E-state index contributed by atoms with van der Waals surface area (Å²) in [7, 11) is 0. The van der Waals surface area contributed by atoms with Crippen LogP contribution in [-0.2, 0) is 24.4 Å². The lowest BCUT2D eigenvalue weighted by Gasteiger charge is -2.35. The summed E-state index contributed by atoms with van der Waals surface area (Å²) in [6.07, 6.45) is 7.16. The fraction of sp³-hybridized carbons (Fsp3) is 0.611. The zero-order valence-corrected chi connectivity index (χ0v) is 15.5. The van der Waals surface area contributed by atoms with Crippen molar-refractivity contribution in [1.29, 1.82) is 0 Å². The Morgan fingerprint density at radius 2 is 2.16 bits per heavy atom. The molecule has 1 amide bonds. The number of amides is 1. The number of carbonyl (C=O) groups excluding carboxylic acids is 1. The molecule has 3 aliphatic heterocycles. The smallest absolute Gasteiger partial charge is 0.227 e. The van der Waals surface area contributed by atoms with Crippen LogP contribution in [0.3, 0.4) is 0 Å². The van der Waals surface area contributed by atoms with Gasteiger partial charge in [0.05, 0.1) is 30.2 Å². The second kappa shape index (κ2) is 7.25. The molecule has 0 radical (unpaired) electrons. The Hall–Kier alpha value is -1.73. The molecular weight excluding hydrogens is 334 g/mol. The highest BCUT2D eigenvalue weighted by Crippen LogP contribution is 2.31. The van der Waals surface area contributed by atoms with Crippen molar-refractivity contribution in [1.82, 2.24) is 24.3 Å². The third kappa shape index (κ3) is 3.48. The second-order valence-electron chi connectivity index (χ2n) is 7.10. The van der Waals surface area contributed by atoms with Gasteiger partial charge in [0.25, 0.3) is 0 Å². The van der Waals surface area contributed by atoms with Crippen molar-refractivity contribution in [3.05, 3.63) is 34.8 Å². The number of aryl methyl sites for hydroxylation is 1. The number of hydrogen-bond acceptors (Lipinski definition) is 5. The van der Waals surface area contributed by atoms with E-state index in [1.165, 1.54) is 0 Å². The Bertz CT molecular complexity index is 713. The SMILES string of the molecule is CCCn1ccnc1CN1C[C@@H]2CC[C@H](C1)N(Cc1cscn1)C2=O. The maximum Gasteiger partial charge on any atom is 0.227 e. The van der Waals surface area contributed by atoms with Crippen LogP contribution in [0.4, 0.5) is 0 Å². The van der Waals surface area contributed by atoms with E-state index in [4.69, 9.17) is 0 Å². The van der Waals surface area contributed by atoms with Crippen LogP contribution >= 0.6 is 11.3 Å². The Morgan fingerprint density at radius 3 is 2.96 bits per heavy atom. The molecule has 0 unspecified atom stereocenters. The van der Waals surface area contributed by atoms with Crippen LogP contribution < -0.4 is 0 Å². The van der Waals surface area contributed by atoms with Gasteiger partial charge in [0, 0.05) is 43.4 Å². The highest BCUT2D eigenvalue weighted by Gasteiger charge is 2.40. The number of aromatic nitrogens is 3. The summed E-state index contributed by atoms with van der Waals surface area (Å²) < 4.78 is 2.24. The summed E-state index contributed by atoms with van der Waals surface area (Å²) in [5.74, 6) is 1.54. The Kier molecular flexibility index (Phi) is 4.85. The fourth-order valence-electron chi connectivity index (χ4n) is 4.09. The molecular formula is C18H25N5OS. The van der Waals surface area contributed by atoms with Gasteiger partial charge < -0.3 is 9.47 Å². The zero-order valence-electron chi connectivity index (χ0n) is 14.7. The summed E-state index contributed by atoms with van der Waals surface area (Å²) in [5.41, 5.74) is 2.85. The van der Waals surface area contributed by atoms with Crippen LogP contribution in [0, 0.1) is 5.92 Å². The van der Waals surface area contributed by atoms with Crippen molar-refractivity contribution < 1.29 is 4.79 Å². The Labute approximate surface area is 152 Å². The van der Waals surface area contributed by atoms with Gasteiger partial charge in [-0.25, -0.2) is 9.97 Å². The molecule has 0 aromatic carbocycles. The molecule has 3 aliphatic rings. The van der Waals surface area contributed by atoms with Crippen molar-refractivity contribution in [2.45, 2.75) is 51.9 Å². The number of piperidine rings is 1. The molecule has 3 saturated heterocycles. The van der Waals surface area contributed by atoms with E-state index in [1.54, 1.807) is 11.3 Å². The van der Waals surface area contributed by atoms with E-state index in [0.717, 1.165) is 57.0 Å². The minimum Gasteiger partial charge on any atom is -0.334 e. The molecule has 2 aromatic rings. The van der Waals surface area contributed by atoms with Crippen molar-refractivity contribution >= 4 is 17.2 Å². The quantitative estimate of drug-likeness (QED) is 0.795. The standard InChI is InChI=1S/C18H25N5OS/c1-2-6-22-7-5-19-17(22)11-21-8-14-3-4-16(10-21)23(18(14)24)9-15-12-25-13-20-15/h5,7,12-14,16H,2-4,6,8-11H2,1H3/t14-,16+/m0/s1. The summed E-state index contributed by atoms with van der Waals surface area (Å²) in [6.45, 7) is 6.46. The van der Waals surface area contributed by atoms with Crippen LogP contribution in [0.25, 0.3) is 0 Å². The molecule has 134 valence electrons. The van der Waals surface area contributed by atoms with Gasteiger partial charge in [-0.2, -0.15) is 0 Å². The minimum atomic E-state index is 0.118. The van der Waals surface area contributed by atoms with Crippen LogP contribution in [0.15, 0.2) is 23.3 Å². The van der Waals surface area contributed by atoms with E-state index in [1.807, 2.05) is 17.1 Å². The van der Waals surface area contributed by atoms with Gasteiger partial charge in [0.1, 0.15) is 5.82 Å². The third-order valence-electron chi connectivity index (χ3n) is 5.32. The number of carbonyl (C=O) groups is 1. The summed E-state index contributed by atoms with van der Waals surface area (Å²) in [6, 6.07) is 0.294. The van der Waals surface area contributed by atoms with Crippen molar-refractivity contribution in [2.24, 2.45) is 5.92 Å². The maximum absolute atomic E-state index is 12.9. The van der Waals surface area contributed by atoms with E-state index < -0.39 is 0 Å². The molecule has 0 N–H and O–H groups in total. The number of rotatable bonds is 6. The van der Waals surface area contributed by atoms with Crippen molar-refractivity contribution in [3.63, 3.8) is 0 Å². The van der Waals surface area contributed by atoms with Crippen molar-refractivity contribution in [2.75, 3.05) is 13.1 Å². The average Bonchev–Trinajstić information content (AvgIpc) is 3.19. The highest BCUT2D eigenvalue weighted by atomic mass is 32.1. The van der Waals surface area contributed by atoms with E-state index in [2.05, 4.69) is 37.5 Å². The molecule has 2 atom stereocenters. The zero-order chi connectivity index (χ0) is 17.2. The van der Waals surface area contributed by atoms with Gasteiger partial charge in [0.2, 0.25) is 5.91 Å². The topological polar surface area (TPSA) is 54.3 Å². The predicted octanol–water partition coefficient (Wildman–Crippen LogP) is 2.37. The molecule has 5 heterocycles. The molecule has 25 heavy (non-hydrogen) atoms. The molecule has 6 nitrogen and oxygen atoms in total. The van der Waals surface area contributed by atoms with Crippen LogP contribution in [-0.4, -0.2) is 49.4 Å². The number of imidazole rings is 1. The van der Waals surface area contributed by atoms with Crippen LogP contribution in [0.5, 0.6) is 0 Å². The first-order valence-electron chi connectivity index (χ1n) is 9.14. The molecule has 5 rings (SSSR count). The summed E-state index contributed by atoms with van der Waals surface area (Å²) in [5, 5.41) is 2.05. The van der Waals surface area contributed by atoms with Gasteiger partial charge in [0.15, 0.2) is 0 Å². The molecule has 2 bridgehead atoms.